The fourth-order valence-electron chi connectivity index (χ4n) is 2.33. The van der Waals surface area contributed by atoms with Gasteiger partial charge in [0.15, 0.2) is 0 Å². The molecule has 0 radical (unpaired) electrons. The van der Waals surface area contributed by atoms with Crippen molar-refractivity contribution in [3.63, 3.8) is 0 Å². The Bertz CT molecular complexity index is 593. The number of benzene rings is 1. The van der Waals surface area contributed by atoms with Crippen molar-refractivity contribution in [3.05, 3.63) is 51.3 Å². The van der Waals surface area contributed by atoms with Gasteiger partial charge in [-0.05, 0) is 31.9 Å². The number of nitrogens with zero attached hydrogens (tertiary/aromatic N) is 2. The molecule has 2 N–H and O–H groups in total. The van der Waals surface area contributed by atoms with Crippen LogP contribution in [0.3, 0.4) is 0 Å². The summed E-state index contributed by atoms with van der Waals surface area (Å²) < 4.78 is 1.92. The van der Waals surface area contributed by atoms with Crippen molar-refractivity contribution in [1.29, 1.82) is 0 Å². The molecule has 0 aliphatic rings. The Morgan fingerprint density at radius 1 is 1.25 bits per heavy atom. The van der Waals surface area contributed by atoms with Crippen molar-refractivity contribution in [3.8, 4) is 0 Å². The molecule has 0 spiro atoms. The first-order valence-electron chi connectivity index (χ1n) is 6.73. The maximum absolute atomic E-state index is 6.31. The van der Waals surface area contributed by atoms with Gasteiger partial charge in [0.2, 0.25) is 0 Å². The third-order valence-corrected chi connectivity index (χ3v) is 4.21. The van der Waals surface area contributed by atoms with Crippen LogP contribution in [0.25, 0.3) is 0 Å². The molecule has 1 unspecified atom stereocenters. The third-order valence-electron chi connectivity index (χ3n) is 3.35. The van der Waals surface area contributed by atoms with Crippen LogP contribution >= 0.6 is 23.2 Å². The van der Waals surface area contributed by atoms with Gasteiger partial charge in [-0.25, -0.2) is 0 Å². The maximum Gasteiger partial charge on any atom is 0.0847 e. The summed E-state index contributed by atoms with van der Waals surface area (Å²) in [4.78, 5) is 0. The van der Waals surface area contributed by atoms with Gasteiger partial charge in [0.25, 0.3) is 0 Å². The fraction of sp³-hybridized carbons (Fsp3) is 0.400. The standard InChI is InChI=1S/C15H19Cl2N3/c1-3-20-14(15(17)10(2)19-20)9-12(18)8-11-6-4-5-7-13(11)16/h4-7,12H,3,8-9,18H2,1-2H3. The van der Waals surface area contributed by atoms with Crippen molar-refractivity contribution in [2.45, 2.75) is 39.3 Å². The van der Waals surface area contributed by atoms with Crippen molar-refractivity contribution in [2.75, 3.05) is 0 Å². The lowest BCUT2D eigenvalue weighted by atomic mass is 10.0. The second kappa shape index (κ2) is 6.61. The Morgan fingerprint density at radius 3 is 2.60 bits per heavy atom. The maximum atomic E-state index is 6.31. The third kappa shape index (κ3) is 3.35. The van der Waals surface area contributed by atoms with Crippen LogP contribution in [0.15, 0.2) is 24.3 Å². The van der Waals surface area contributed by atoms with Gasteiger partial charge in [0, 0.05) is 24.0 Å². The van der Waals surface area contributed by atoms with Crippen molar-refractivity contribution < 1.29 is 0 Å². The first kappa shape index (κ1) is 15.4. The molecule has 1 atom stereocenters. The van der Waals surface area contributed by atoms with Crippen LogP contribution in [0.2, 0.25) is 10.0 Å². The average molecular weight is 312 g/mol. The Labute approximate surface area is 129 Å². The van der Waals surface area contributed by atoms with Gasteiger partial charge >= 0.3 is 0 Å². The number of hydrogen-bond acceptors (Lipinski definition) is 2. The van der Waals surface area contributed by atoms with Crippen LogP contribution < -0.4 is 5.73 Å². The lowest BCUT2D eigenvalue weighted by molar-refractivity contribution is 0.574. The highest BCUT2D eigenvalue weighted by molar-refractivity contribution is 6.32. The predicted molar refractivity (Wildman–Crippen MR) is 84.5 cm³/mol. The minimum atomic E-state index is -0.0335. The van der Waals surface area contributed by atoms with E-state index >= 15 is 0 Å². The highest BCUT2D eigenvalue weighted by Crippen LogP contribution is 2.23. The van der Waals surface area contributed by atoms with E-state index in [2.05, 4.69) is 5.10 Å². The molecule has 2 aromatic rings. The van der Waals surface area contributed by atoms with E-state index < -0.39 is 0 Å². The Hall–Kier alpha value is -1.03. The fourth-order valence-corrected chi connectivity index (χ4v) is 2.76. The molecule has 20 heavy (non-hydrogen) atoms. The highest BCUT2D eigenvalue weighted by Gasteiger charge is 2.16. The van der Waals surface area contributed by atoms with Gasteiger partial charge in [-0.15, -0.1) is 0 Å². The molecule has 1 aromatic heterocycles. The first-order valence-corrected chi connectivity index (χ1v) is 7.49. The van der Waals surface area contributed by atoms with Crippen LogP contribution in [0.1, 0.15) is 23.9 Å². The largest absolute Gasteiger partial charge is 0.327 e. The molecule has 1 aromatic carbocycles. The predicted octanol–water partition coefficient (Wildman–Crippen LogP) is 3.63. The van der Waals surface area contributed by atoms with Gasteiger partial charge in [-0.1, -0.05) is 41.4 Å². The van der Waals surface area contributed by atoms with Gasteiger partial charge in [0.1, 0.15) is 0 Å². The van der Waals surface area contributed by atoms with Gasteiger partial charge in [-0.3, -0.25) is 4.68 Å². The number of aromatic nitrogens is 2. The molecule has 3 nitrogen and oxygen atoms in total. The smallest absolute Gasteiger partial charge is 0.0847 e. The van der Waals surface area contributed by atoms with E-state index in [0.29, 0.717) is 6.42 Å². The van der Waals surface area contributed by atoms with E-state index in [1.54, 1.807) is 0 Å². The minimum Gasteiger partial charge on any atom is -0.327 e. The summed E-state index contributed by atoms with van der Waals surface area (Å²) in [5.41, 5.74) is 9.18. The van der Waals surface area contributed by atoms with E-state index in [1.165, 1.54) is 0 Å². The average Bonchev–Trinajstić information content (AvgIpc) is 2.69. The van der Waals surface area contributed by atoms with Crippen molar-refractivity contribution in [2.24, 2.45) is 5.73 Å². The van der Waals surface area contributed by atoms with Gasteiger partial charge in [-0.2, -0.15) is 5.10 Å². The summed E-state index contributed by atoms with van der Waals surface area (Å²) in [5.74, 6) is 0. The van der Waals surface area contributed by atoms with E-state index in [9.17, 15) is 0 Å². The summed E-state index contributed by atoms with van der Waals surface area (Å²) in [5, 5.41) is 5.89. The topological polar surface area (TPSA) is 43.8 Å². The lowest BCUT2D eigenvalue weighted by Crippen LogP contribution is -2.27. The molecule has 0 saturated carbocycles. The van der Waals surface area contributed by atoms with Crippen LogP contribution in [-0.2, 0) is 19.4 Å². The monoisotopic (exact) mass is 311 g/mol. The number of rotatable bonds is 5. The zero-order valence-corrected chi connectivity index (χ0v) is 13.2. The molecule has 0 aliphatic carbocycles. The number of hydrogen-bond donors (Lipinski definition) is 1. The van der Waals surface area contributed by atoms with Crippen LogP contribution in [0, 0.1) is 6.92 Å². The molecule has 0 amide bonds. The van der Waals surface area contributed by atoms with Crippen molar-refractivity contribution in [1.82, 2.24) is 9.78 Å². The first-order chi connectivity index (χ1) is 9.52. The molecule has 0 aliphatic heterocycles. The van der Waals surface area contributed by atoms with E-state index in [0.717, 1.165) is 40.0 Å². The van der Waals surface area contributed by atoms with Gasteiger partial charge < -0.3 is 5.73 Å². The minimum absolute atomic E-state index is 0.0335. The quantitative estimate of drug-likeness (QED) is 0.916. The summed E-state index contributed by atoms with van der Waals surface area (Å²) in [6.07, 6.45) is 1.42. The Balaban J connectivity index is 2.12. The molecule has 5 heteroatoms. The molecule has 0 bridgehead atoms. The summed E-state index contributed by atoms with van der Waals surface area (Å²) in [6.45, 7) is 4.76. The van der Waals surface area contributed by atoms with Crippen LogP contribution in [-0.4, -0.2) is 15.8 Å². The van der Waals surface area contributed by atoms with Crippen LogP contribution in [0.5, 0.6) is 0 Å². The zero-order chi connectivity index (χ0) is 14.7. The van der Waals surface area contributed by atoms with Gasteiger partial charge in [0.05, 0.1) is 16.4 Å². The van der Waals surface area contributed by atoms with E-state index in [1.807, 2.05) is 42.8 Å². The number of nitrogens with two attached hydrogens (primary N) is 1. The van der Waals surface area contributed by atoms with Crippen molar-refractivity contribution >= 4 is 23.2 Å². The summed E-state index contributed by atoms with van der Waals surface area (Å²) in [6, 6.07) is 7.75. The second-order valence-electron chi connectivity index (χ2n) is 4.92. The second-order valence-corrected chi connectivity index (χ2v) is 5.71. The molecular formula is C15H19Cl2N3. The molecular weight excluding hydrogens is 293 g/mol. The molecule has 108 valence electrons. The molecule has 0 fully saturated rings. The Morgan fingerprint density at radius 2 is 1.95 bits per heavy atom. The molecule has 1 heterocycles. The highest BCUT2D eigenvalue weighted by atomic mass is 35.5. The summed E-state index contributed by atoms with van der Waals surface area (Å²) in [7, 11) is 0. The summed E-state index contributed by atoms with van der Waals surface area (Å²) >= 11 is 12.5. The van der Waals surface area contributed by atoms with E-state index in [-0.39, 0.29) is 6.04 Å². The lowest BCUT2D eigenvalue weighted by Gasteiger charge is -2.14. The Kier molecular flexibility index (Phi) is 5.08. The number of halogens is 2. The molecule has 0 saturated heterocycles. The van der Waals surface area contributed by atoms with Crippen LogP contribution in [0.4, 0.5) is 0 Å². The SMILES string of the molecule is CCn1nc(C)c(Cl)c1CC(N)Cc1ccccc1Cl. The normalized spacial score (nSPS) is 12.7. The number of aryl methyl sites for hydroxylation is 2. The zero-order valence-electron chi connectivity index (χ0n) is 11.7. The van der Waals surface area contributed by atoms with E-state index in [4.69, 9.17) is 28.9 Å². The molecule has 2 rings (SSSR count).